The van der Waals surface area contributed by atoms with E-state index in [2.05, 4.69) is 5.32 Å². The van der Waals surface area contributed by atoms with Crippen molar-refractivity contribution in [2.75, 3.05) is 6.54 Å². The minimum Gasteiger partial charge on any atom is -0.327 e. The maximum absolute atomic E-state index is 13.3. The van der Waals surface area contributed by atoms with Gasteiger partial charge in [-0.3, -0.25) is 9.69 Å². The van der Waals surface area contributed by atoms with Crippen LogP contribution in [0.5, 0.6) is 0 Å². The average Bonchev–Trinajstić information content (AvgIpc) is 3.04. The summed E-state index contributed by atoms with van der Waals surface area (Å²) in [7, 11) is 0. The number of nitrogens with zero attached hydrogens (tertiary/aromatic N) is 1. The van der Waals surface area contributed by atoms with Crippen LogP contribution in [0.4, 0.5) is 9.18 Å². The summed E-state index contributed by atoms with van der Waals surface area (Å²) in [6, 6.07) is 14.1. The highest BCUT2D eigenvalue weighted by molar-refractivity contribution is 8.04. The lowest BCUT2D eigenvalue weighted by atomic mass is 9.91. The molecule has 2 heterocycles. The predicted molar refractivity (Wildman–Crippen MR) is 99.2 cm³/mol. The van der Waals surface area contributed by atoms with E-state index in [-0.39, 0.29) is 22.9 Å². The second-order valence-corrected chi connectivity index (χ2v) is 7.81. The lowest BCUT2D eigenvalue weighted by molar-refractivity contribution is 0.102. The molecule has 1 saturated heterocycles. The van der Waals surface area contributed by atoms with Gasteiger partial charge >= 0.3 is 6.03 Å². The summed E-state index contributed by atoms with van der Waals surface area (Å²) in [4.78, 5) is 27.5. The number of nitrogens with one attached hydrogen (secondary N) is 1. The van der Waals surface area contributed by atoms with Crippen LogP contribution in [-0.4, -0.2) is 28.5 Å². The van der Waals surface area contributed by atoms with Crippen molar-refractivity contribution in [1.82, 2.24) is 10.2 Å². The van der Waals surface area contributed by atoms with Crippen molar-refractivity contribution >= 4 is 23.6 Å². The summed E-state index contributed by atoms with van der Waals surface area (Å²) in [5, 5.41) is 3.83. The molecule has 1 fully saturated rings. The van der Waals surface area contributed by atoms with Crippen LogP contribution in [-0.2, 0) is 0 Å². The largest absolute Gasteiger partial charge is 0.327 e. The van der Waals surface area contributed by atoms with Crippen LogP contribution in [0.15, 0.2) is 65.2 Å². The molecule has 0 radical (unpaired) electrons. The van der Waals surface area contributed by atoms with E-state index in [9.17, 15) is 14.0 Å². The molecule has 2 amide bonds. The Labute approximate surface area is 155 Å². The fourth-order valence-electron chi connectivity index (χ4n) is 3.29. The fraction of sp³-hybridized carbons (Fsp3) is 0.200. The Balaban J connectivity index is 1.86. The third kappa shape index (κ3) is 2.90. The topological polar surface area (TPSA) is 49.4 Å². The molecule has 2 aliphatic rings. The summed E-state index contributed by atoms with van der Waals surface area (Å²) in [5.41, 5.74) is 1.79. The lowest BCUT2D eigenvalue weighted by Gasteiger charge is -2.32. The van der Waals surface area contributed by atoms with Gasteiger partial charge in [-0.15, -0.1) is 11.8 Å². The lowest BCUT2D eigenvalue weighted by Crippen LogP contribution is -2.46. The van der Waals surface area contributed by atoms with Gasteiger partial charge < -0.3 is 5.32 Å². The van der Waals surface area contributed by atoms with E-state index in [0.717, 1.165) is 0 Å². The number of amides is 2. The SMILES string of the molecule is CC1CN2C(=O)NC(c3ccc(F)cc3)C(C(=O)c3ccccc3)=C2S1. The first-order chi connectivity index (χ1) is 12.5. The highest BCUT2D eigenvalue weighted by Gasteiger charge is 2.42. The van der Waals surface area contributed by atoms with Gasteiger partial charge in [-0.1, -0.05) is 49.4 Å². The number of ketones is 1. The Morgan fingerprint density at radius 2 is 1.85 bits per heavy atom. The van der Waals surface area contributed by atoms with Crippen molar-refractivity contribution < 1.29 is 14.0 Å². The van der Waals surface area contributed by atoms with Crippen LogP contribution in [0.2, 0.25) is 0 Å². The van der Waals surface area contributed by atoms with Crippen LogP contribution < -0.4 is 5.32 Å². The van der Waals surface area contributed by atoms with Crippen molar-refractivity contribution in [3.63, 3.8) is 0 Å². The van der Waals surface area contributed by atoms with Gasteiger partial charge in [-0.2, -0.15) is 0 Å². The molecular weight excluding hydrogens is 351 g/mol. The molecule has 2 atom stereocenters. The van der Waals surface area contributed by atoms with E-state index in [0.29, 0.717) is 28.3 Å². The maximum atomic E-state index is 13.3. The fourth-order valence-corrected chi connectivity index (χ4v) is 4.52. The molecule has 2 aromatic rings. The molecule has 2 aromatic carbocycles. The molecule has 132 valence electrons. The molecule has 26 heavy (non-hydrogen) atoms. The zero-order valence-corrected chi connectivity index (χ0v) is 14.9. The standard InChI is InChI=1S/C20H17FN2O2S/c1-12-11-23-19(26-12)16(18(24)14-5-3-2-4-6-14)17(22-20(23)25)13-7-9-15(21)10-8-13/h2-10,12,17H,11H2,1H3,(H,22,25). The molecule has 6 heteroatoms. The second kappa shape index (κ2) is 6.61. The van der Waals surface area contributed by atoms with Crippen molar-refractivity contribution in [3.8, 4) is 0 Å². The van der Waals surface area contributed by atoms with E-state index >= 15 is 0 Å². The number of carbonyl (C=O) groups excluding carboxylic acids is 2. The van der Waals surface area contributed by atoms with Crippen LogP contribution in [0, 0.1) is 5.82 Å². The van der Waals surface area contributed by atoms with Crippen LogP contribution in [0.3, 0.4) is 0 Å². The third-order valence-corrected chi connectivity index (χ3v) is 5.73. The molecule has 0 aliphatic carbocycles. The molecule has 4 rings (SSSR count). The summed E-state index contributed by atoms with van der Waals surface area (Å²) in [6.07, 6.45) is 0. The Morgan fingerprint density at radius 3 is 2.54 bits per heavy atom. The minimum absolute atomic E-state index is 0.124. The summed E-state index contributed by atoms with van der Waals surface area (Å²) in [6.45, 7) is 2.59. The van der Waals surface area contributed by atoms with Gasteiger partial charge in [0.2, 0.25) is 0 Å². The molecule has 0 saturated carbocycles. The van der Waals surface area contributed by atoms with Gasteiger partial charge in [0.15, 0.2) is 5.78 Å². The third-order valence-electron chi connectivity index (χ3n) is 4.51. The van der Waals surface area contributed by atoms with Gasteiger partial charge in [-0.25, -0.2) is 9.18 Å². The Hall–Kier alpha value is -2.60. The number of halogens is 1. The Bertz CT molecular complexity index is 896. The zero-order chi connectivity index (χ0) is 18.3. The van der Waals surface area contributed by atoms with Gasteiger partial charge in [0.25, 0.3) is 0 Å². The predicted octanol–water partition coefficient (Wildman–Crippen LogP) is 4.12. The van der Waals surface area contributed by atoms with E-state index in [4.69, 9.17) is 0 Å². The van der Waals surface area contributed by atoms with Crippen LogP contribution in [0.1, 0.15) is 28.9 Å². The normalized spacial score (nSPS) is 22.2. The smallest absolute Gasteiger partial charge is 0.323 e. The molecular formula is C20H17FN2O2S. The number of urea groups is 1. The average molecular weight is 368 g/mol. The number of benzene rings is 2. The number of fused-ring (bicyclic) bond motifs is 1. The second-order valence-electron chi connectivity index (χ2n) is 6.39. The molecule has 1 N–H and O–H groups in total. The first-order valence-electron chi connectivity index (χ1n) is 8.38. The van der Waals surface area contributed by atoms with E-state index in [1.165, 1.54) is 23.9 Å². The van der Waals surface area contributed by atoms with Gasteiger partial charge in [0.1, 0.15) is 5.82 Å². The quantitative estimate of drug-likeness (QED) is 0.829. The summed E-state index contributed by atoms with van der Waals surface area (Å²) in [5.74, 6) is -0.480. The van der Waals surface area contributed by atoms with Gasteiger partial charge in [-0.05, 0) is 17.7 Å². The van der Waals surface area contributed by atoms with Crippen molar-refractivity contribution in [2.24, 2.45) is 0 Å². The summed E-state index contributed by atoms with van der Waals surface area (Å²) < 4.78 is 13.3. The number of rotatable bonds is 3. The number of hydrogen-bond acceptors (Lipinski definition) is 3. The molecule has 0 bridgehead atoms. The van der Waals surface area contributed by atoms with Gasteiger partial charge in [0, 0.05) is 17.4 Å². The van der Waals surface area contributed by atoms with Crippen LogP contribution >= 0.6 is 11.8 Å². The molecule has 2 aliphatic heterocycles. The number of hydrogen-bond donors (Lipinski definition) is 1. The van der Waals surface area contributed by atoms with E-state index in [1.54, 1.807) is 29.2 Å². The van der Waals surface area contributed by atoms with Crippen molar-refractivity contribution in [1.29, 1.82) is 0 Å². The monoisotopic (exact) mass is 368 g/mol. The molecule has 0 spiro atoms. The van der Waals surface area contributed by atoms with Gasteiger partial charge in [0.05, 0.1) is 16.6 Å². The summed E-state index contributed by atoms with van der Waals surface area (Å²) >= 11 is 1.54. The minimum atomic E-state index is -0.597. The number of carbonyl (C=O) groups is 2. The first-order valence-corrected chi connectivity index (χ1v) is 9.26. The molecule has 2 unspecified atom stereocenters. The van der Waals surface area contributed by atoms with Crippen molar-refractivity contribution in [3.05, 3.63) is 82.1 Å². The Kier molecular flexibility index (Phi) is 4.28. The molecule has 0 aromatic heterocycles. The molecule has 4 nitrogen and oxygen atoms in total. The highest BCUT2D eigenvalue weighted by atomic mass is 32.2. The van der Waals surface area contributed by atoms with Crippen molar-refractivity contribution in [2.45, 2.75) is 18.2 Å². The first kappa shape index (κ1) is 16.8. The maximum Gasteiger partial charge on any atom is 0.323 e. The highest BCUT2D eigenvalue weighted by Crippen LogP contribution is 2.43. The number of thioether (sulfide) groups is 1. The van der Waals surface area contributed by atoms with Crippen LogP contribution in [0.25, 0.3) is 0 Å². The van der Waals surface area contributed by atoms with E-state index in [1.807, 2.05) is 25.1 Å². The number of Topliss-reactive ketones (excluding diaryl/α,β-unsaturated/α-hetero) is 1. The zero-order valence-electron chi connectivity index (χ0n) is 14.1. The Morgan fingerprint density at radius 1 is 1.15 bits per heavy atom. The van der Waals surface area contributed by atoms with E-state index < -0.39 is 6.04 Å².